The van der Waals surface area contributed by atoms with E-state index in [0.717, 1.165) is 16.9 Å². The van der Waals surface area contributed by atoms with Crippen LogP contribution in [0.15, 0.2) is 66.7 Å². The molecule has 2 N–H and O–H groups in total. The second-order valence-corrected chi connectivity index (χ2v) is 6.28. The molecule has 1 heterocycles. The van der Waals surface area contributed by atoms with Crippen LogP contribution in [-0.4, -0.2) is 32.5 Å². The van der Waals surface area contributed by atoms with Gasteiger partial charge in [0, 0.05) is 6.42 Å². The van der Waals surface area contributed by atoms with Crippen molar-refractivity contribution in [2.24, 2.45) is 0 Å². The van der Waals surface area contributed by atoms with Crippen LogP contribution in [0, 0.1) is 0 Å². The summed E-state index contributed by atoms with van der Waals surface area (Å²) in [6.45, 7) is 0.0668. The van der Waals surface area contributed by atoms with E-state index >= 15 is 0 Å². The summed E-state index contributed by atoms with van der Waals surface area (Å²) in [6, 6.07) is 22.5. The number of aliphatic hydroxyl groups excluding tert-OH is 2. The lowest BCUT2D eigenvalue weighted by Crippen LogP contribution is -2.21. The molecule has 4 nitrogen and oxygen atoms in total. The van der Waals surface area contributed by atoms with Crippen LogP contribution in [0.4, 0.5) is 0 Å². The van der Waals surface area contributed by atoms with Crippen molar-refractivity contribution in [2.45, 2.75) is 19.1 Å². The molecule has 0 amide bonds. The van der Waals surface area contributed by atoms with Gasteiger partial charge in [0.25, 0.3) is 0 Å². The number of hydrogen-bond donors (Lipinski definition) is 2. The minimum Gasteiger partial charge on any atom is -0.394 e. The van der Waals surface area contributed by atoms with Crippen LogP contribution in [0.5, 0.6) is 0 Å². The Hall–Kier alpha value is -2.69. The van der Waals surface area contributed by atoms with Crippen molar-refractivity contribution < 1.29 is 10.2 Å². The van der Waals surface area contributed by atoms with Crippen LogP contribution in [-0.2, 0) is 13.0 Å². The van der Waals surface area contributed by atoms with E-state index in [0.29, 0.717) is 13.0 Å². The molecule has 0 spiro atoms. The Morgan fingerprint density at radius 1 is 0.920 bits per heavy atom. The summed E-state index contributed by atoms with van der Waals surface area (Å²) < 4.78 is 2.01. The van der Waals surface area contributed by atoms with Gasteiger partial charge in [-0.05, 0) is 28.5 Å². The lowest BCUT2D eigenvalue weighted by molar-refractivity contribution is 0.0815. The zero-order valence-electron chi connectivity index (χ0n) is 13.8. The summed E-state index contributed by atoms with van der Waals surface area (Å²) in [7, 11) is 0. The van der Waals surface area contributed by atoms with Gasteiger partial charge in [-0.2, -0.15) is 0 Å². The van der Waals surface area contributed by atoms with Crippen LogP contribution in [0.3, 0.4) is 0 Å². The summed E-state index contributed by atoms with van der Waals surface area (Å²) in [5.41, 5.74) is 3.08. The van der Waals surface area contributed by atoms with Crippen molar-refractivity contribution in [3.63, 3.8) is 0 Å². The monoisotopic (exact) mass is 332 g/mol. The largest absolute Gasteiger partial charge is 0.394 e. The number of imidazole rings is 1. The zero-order chi connectivity index (χ0) is 17.2. The van der Waals surface area contributed by atoms with Crippen molar-refractivity contribution in [1.29, 1.82) is 0 Å². The normalized spacial score (nSPS) is 12.7. The van der Waals surface area contributed by atoms with Crippen LogP contribution in [0.2, 0.25) is 0 Å². The van der Waals surface area contributed by atoms with Crippen LogP contribution >= 0.6 is 0 Å². The van der Waals surface area contributed by atoms with Gasteiger partial charge in [0.15, 0.2) is 0 Å². The minimum atomic E-state index is -0.802. The summed E-state index contributed by atoms with van der Waals surface area (Å²) in [6.07, 6.45) is -0.127. The van der Waals surface area contributed by atoms with E-state index < -0.39 is 6.10 Å². The minimum absolute atomic E-state index is 0.264. The van der Waals surface area contributed by atoms with Gasteiger partial charge < -0.3 is 14.8 Å². The van der Waals surface area contributed by atoms with Gasteiger partial charge in [-0.3, -0.25) is 0 Å². The highest BCUT2D eigenvalue weighted by Gasteiger charge is 2.15. The number of nitrogens with zero attached hydrogens (tertiary/aromatic N) is 2. The lowest BCUT2D eigenvalue weighted by atomic mass is 10.0. The Bertz CT molecular complexity index is 1020. The van der Waals surface area contributed by atoms with E-state index in [1.807, 2.05) is 41.0 Å². The topological polar surface area (TPSA) is 58.3 Å². The van der Waals surface area contributed by atoms with E-state index in [4.69, 9.17) is 4.98 Å². The van der Waals surface area contributed by atoms with Crippen LogP contribution in [0.25, 0.3) is 21.8 Å². The molecule has 0 aliphatic carbocycles. The second-order valence-electron chi connectivity index (χ2n) is 6.28. The molecule has 1 aromatic heterocycles. The fourth-order valence-electron chi connectivity index (χ4n) is 3.35. The van der Waals surface area contributed by atoms with Crippen molar-refractivity contribution in [3.05, 3.63) is 78.1 Å². The first-order valence-corrected chi connectivity index (χ1v) is 8.46. The number of rotatable bonds is 5. The molecule has 0 saturated heterocycles. The molecular formula is C21H20N2O2. The fraction of sp³-hybridized carbons (Fsp3) is 0.190. The SMILES string of the molecule is OCC(O)Cn1c(Cc2cccc3ccccc23)nc2ccccc21. The predicted molar refractivity (Wildman–Crippen MR) is 99.6 cm³/mol. The number of para-hydroxylation sites is 2. The maximum atomic E-state index is 9.95. The molecule has 0 saturated carbocycles. The van der Waals surface area contributed by atoms with Crippen LogP contribution in [0.1, 0.15) is 11.4 Å². The first kappa shape index (κ1) is 15.8. The lowest BCUT2D eigenvalue weighted by Gasteiger charge is -2.13. The highest BCUT2D eigenvalue weighted by Crippen LogP contribution is 2.24. The molecule has 4 heteroatoms. The van der Waals surface area contributed by atoms with Gasteiger partial charge in [0.05, 0.1) is 30.3 Å². The van der Waals surface area contributed by atoms with Gasteiger partial charge >= 0.3 is 0 Å². The smallest absolute Gasteiger partial charge is 0.114 e. The molecule has 0 aliphatic rings. The summed E-state index contributed by atoms with van der Waals surface area (Å²) >= 11 is 0. The molecular weight excluding hydrogens is 312 g/mol. The van der Waals surface area contributed by atoms with E-state index in [2.05, 4.69) is 30.3 Å². The number of hydrogen-bond acceptors (Lipinski definition) is 3. The molecule has 1 atom stereocenters. The quantitative estimate of drug-likeness (QED) is 0.590. The van der Waals surface area contributed by atoms with E-state index in [1.165, 1.54) is 16.3 Å². The molecule has 3 aromatic carbocycles. The molecule has 126 valence electrons. The molecule has 4 rings (SSSR count). The highest BCUT2D eigenvalue weighted by atomic mass is 16.3. The van der Waals surface area contributed by atoms with Gasteiger partial charge in [-0.25, -0.2) is 4.98 Å². The fourth-order valence-corrected chi connectivity index (χ4v) is 3.35. The first-order valence-electron chi connectivity index (χ1n) is 8.46. The second kappa shape index (κ2) is 6.67. The zero-order valence-corrected chi connectivity index (χ0v) is 13.8. The number of benzene rings is 3. The Balaban J connectivity index is 1.81. The van der Waals surface area contributed by atoms with Gasteiger partial charge in [0.1, 0.15) is 5.82 Å². The highest BCUT2D eigenvalue weighted by molar-refractivity contribution is 5.86. The van der Waals surface area contributed by atoms with E-state index in [9.17, 15) is 10.2 Å². The van der Waals surface area contributed by atoms with Crippen molar-refractivity contribution in [3.8, 4) is 0 Å². The summed E-state index contributed by atoms with van der Waals surface area (Å²) in [4.78, 5) is 4.77. The average molecular weight is 332 g/mol. The van der Waals surface area contributed by atoms with E-state index in [-0.39, 0.29) is 6.61 Å². The molecule has 0 bridgehead atoms. The Labute approximate surface area is 146 Å². The third-order valence-electron chi connectivity index (χ3n) is 4.57. The number of aliphatic hydroxyl groups is 2. The van der Waals surface area contributed by atoms with Crippen molar-refractivity contribution in [2.75, 3.05) is 6.61 Å². The standard InChI is InChI=1S/C21H20N2O2/c24-14-17(25)13-23-20-11-4-3-10-19(20)22-21(23)12-16-8-5-7-15-6-1-2-9-18(15)16/h1-11,17,24-25H,12-14H2. The molecule has 1 unspecified atom stereocenters. The molecule has 25 heavy (non-hydrogen) atoms. The number of fused-ring (bicyclic) bond motifs is 2. The predicted octanol–water partition coefficient (Wildman–Crippen LogP) is 3.13. The van der Waals surface area contributed by atoms with Gasteiger partial charge in [0.2, 0.25) is 0 Å². The van der Waals surface area contributed by atoms with Crippen molar-refractivity contribution >= 4 is 21.8 Å². The van der Waals surface area contributed by atoms with Gasteiger partial charge in [-0.15, -0.1) is 0 Å². The molecule has 0 aliphatic heterocycles. The average Bonchev–Trinajstić information content (AvgIpc) is 2.99. The van der Waals surface area contributed by atoms with Crippen LogP contribution < -0.4 is 0 Å². The van der Waals surface area contributed by atoms with Gasteiger partial charge in [-0.1, -0.05) is 54.6 Å². The molecule has 0 radical (unpaired) electrons. The van der Waals surface area contributed by atoms with E-state index in [1.54, 1.807) is 0 Å². The molecule has 0 fully saturated rings. The third kappa shape index (κ3) is 3.02. The maximum absolute atomic E-state index is 9.95. The molecule has 4 aromatic rings. The Morgan fingerprint density at radius 2 is 1.68 bits per heavy atom. The maximum Gasteiger partial charge on any atom is 0.114 e. The third-order valence-corrected chi connectivity index (χ3v) is 4.57. The summed E-state index contributed by atoms with van der Waals surface area (Å²) in [5.74, 6) is 0.894. The summed E-state index contributed by atoms with van der Waals surface area (Å²) in [5, 5.41) is 21.6. The number of aromatic nitrogens is 2. The first-order chi connectivity index (χ1) is 12.3. The Morgan fingerprint density at radius 3 is 2.56 bits per heavy atom. The van der Waals surface area contributed by atoms with Crippen molar-refractivity contribution in [1.82, 2.24) is 9.55 Å². The Kier molecular flexibility index (Phi) is 4.22.